The minimum absolute atomic E-state index is 0.0406. The van der Waals surface area contributed by atoms with E-state index < -0.39 is 28.5 Å². The van der Waals surface area contributed by atoms with Gasteiger partial charge < -0.3 is 10.2 Å². The Hall–Kier alpha value is -2.18. The number of alkyl halides is 1. The van der Waals surface area contributed by atoms with Crippen LogP contribution in [0, 0.1) is 6.92 Å². The third kappa shape index (κ3) is 4.55. The number of hydrogen-bond donors (Lipinski definition) is 2. The van der Waals surface area contributed by atoms with Gasteiger partial charge in [0.2, 0.25) is 0 Å². The fraction of sp³-hybridized carbons (Fsp3) is 0.579. The highest BCUT2D eigenvalue weighted by Gasteiger charge is 2.38. The van der Waals surface area contributed by atoms with Crippen LogP contribution in [0.1, 0.15) is 28.2 Å². The van der Waals surface area contributed by atoms with Gasteiger partial charge in [-0.3, -0.25) is 4.68 Å². The smallest absolute Gasteiger partial charge is 0.306 e. The van der Waals surface area contributed by atoms with Gasteiger partial charge in [0, 0.05) is 42.5 Å². The minimum Gasteiger partial charge on any atom is -0.306 e. The van der Waals surface area contributed by atoms with E-state index in [1.54, 1.807) is 30.3 Å². The molecule has 31 heavy (non-hydrogen) atoms. The number of rotatable bonds is 5. The van der Waals surface area contributed by atoms with Gasteiger partial charge >= 0.3 is 16.2 Å². The molecule has 0 saturated carbocycles. The topological polar surface area (TPSA) is 99.6 Å². The maximum atomic E-state index is 14.3. The molecule has 1 aliphatic carbocycles. The lowest BCUT2D eigenvalue weighted by atomic mass is 10.0. The second-order valence-corrected chi connectivity index (χ2v) is 11.1. The molecule has 1 fully saturated rings. The fourth-order valence-electron chi connectivity index (χ4n) is 4.46. The summed E-state index contributed by atoms with van der Waals surface area (Å²) in [5.74, 6) is 0. The number of nitrogens with zero attached hydrogens (tertiary/aromatic N) is 4. The highest BCUT2D eigenvalue weighted by atomic mass is 32.2. The quantitative estimate of drug-likeness (QED) is 0.698. The first-order valence-electron chi connectivity index (χ1n) is 10.2. The maximum absolute atomic E-state index is 14.3. The summed E-state index contributed by atoms with van der Waals surface area (Å²) in [4.78, 5) is 16.6. The Morgan fingerprint density at radius 2 is 2.10 bits per heavy atom. The fourth-order valence-corrected chi connectivity index (χ4v) is 6.99. The van der Waals surface area contributed by atoms with Crippen molar-refractivity contribution in [2.45, 2.75) is 44.8 Å². The van der Waals surface area contributed by atoms with Crippen LogP contribution in [-0.2, 0) is 30.1 Å². The largest absolute Gasteiger partial charge is 0.334 e. The summed E-state index contributed by atoms with van der Waals surface area (Å²) in [7, 11) is -0.901. The van der Waals surface area contributed by atoms with Gasteiger partial charge in [-0.15, -0.1) is 11.3 Å². The van der Waals surface area contributed by atoms with E-state index in [9.17, 15) is 17.6 Å². The number of aryl methyl sites for hydroxylation is 3. The van der Waals surface area contributed by atoms with Gasteiger partial charge in [-0.05, 0) is 38.8 Å². The Morgan fingerprint density at radius 3 is 2.77 bits per heavy atom. The van der Waals surface area contributed by atoms with E-state index in [1.165, 1.54) is 22.0 Å². The van der Waals surface area contributed by atoms with Gasteiger partial charge in [0.15, 0.2) is 0 Å². The zero-order valence-corrected chi connectivity index (χ0v) is 19.4. The van der Waals surface area contributed by atoms with Crippen LogP contribution in [0.5, 0.6) is 0 Å². The van der Waals surface area contributed by atoms with Crippen LogP contribution in [0.4, 0.5) is 20.6 Å². The Morgan fingerprint density at radius 1 is 1.32 bits per heavy atom. The number of nitrogens with one attached hydrogen (secondary N) is 2. The molecule has 12 heteroatoms. The first-order chi connectivity index (χ1) is 14.6. The van der Waals surface area contributed by atoms with E-state index in [0.717, 1.165) is 34.0 Å². The molecular formula is C19H27FN6O3S2. The van der Waals surface area contributed by atoms with Crippen molar-refractivity contribution < 1.29 is 17.6 Å². The Bertz CT molecular complexity index is 1070. The van der Waals surface area contributed by atoms with Crippen LogP contribution in [-0.4, -0.2) is 61.5 Å². The number of thiophene rings is 1. The van der Waals surface area contributed by atoms with Gasteiger partial charge in [0.1, 0.15) is 6.17 Å². The molecule has 2 atom stereocenters. The molecule has 2 amide bonds. The molecular weight excluding hydrogens is 443 g/mol. The molecule has 9 nitrogen and oxygen atoms in total. The van der Waals surface area contributed by atoms with E-state index in [2.05, 4.69) is 15.1 Å². The Labute approximate surface area is 185 Å². The molecule has 0 bridgehead atoms. The Kier molecular flexibility index (Phi) is 5.97. The second kappa shape index (κ2) is 8.40. The lowest BCUT2D eigenvalue weighted by Crippen LogP contribution is -2.56. The van der Waals surface area contributed by atoms with Crippen LogP contribution in [0.25, 0.3) is 0 Å². The van der Waals surface area contributed by atoms with Crippen LogP contribution in [0.2, 0.25) is 0 Å². The van der Waals surface area contributed by atoms with Crippen LogP contribution in [0.3, 0.4) is 0 Å². The normalized spacial score (nSPS) is 21.7. The van der Waals surface area contributed by atoms with E-state index >= 15 is 0 Å². The van der Waals surface area contributed by atoms with Crippen molar-refractivity contribution in [3.8, 4) is 0 Å². The SMILES string of the molecule is Cc1sc2c(c1NC(=O)NS(=O)(=O)N(c1cnn(C)c1)[C@H]1C[C@H](F)CN(C)C1)CCC2. The molecule has 2 aromatic rings. The summed E-state index contributed by atoms with van der Waals surface area (Å²) >= 11 is 1.63. The summed E-state index contributed by atoms with van der Waals surface area (Å²) in [6.07, 6.45) is 4.70. The second-order valence-electron chi connectivity index (χ2n) is 8.23. The third-order valence-corrected chi connectivity index (χ3v) is 8.33. The van der Waals surface area contributed by atoms with Crippen molar-refractivity contribution >= 4 is 39.0 Å². The summed E-state index contributed by atoms with van der Waals surface area (Å²) in [5.41, 5.74) is 2.07. The van der Waals surface area contributed by atoms with E-state index in [4.69, 9.17) is 0 Å². The van der Waals surface area contributed by atoms with Gasteiger partial charge in [0.25, 0.3) is 0 Å². The van der Waals surface area contributed by atoms with Crippen molar-refractivity contribution in [1.82, 2.24) is 19.4 Å². The lowest BCUT2D eigenvalue weighted by molar-refractivity contribution is 0.148. The molecule has 170 valence electrons. The number of amides is 2. The molecule has 2 aromatic heterocycles. The summed E-state index contributed by atoms with van der Waals surface area (Å²) in [6, 6.07) is -1.50. The zero-order valence-electron chi connectivity index (χ0n) is 17.8. The number of urea groups is 1. The van der Waals surface area contributed by atoms with Crippen molar-refractivity contribution in [2.24, 2.45) is 7.05 Å². The summed E-state index contributed by atoms with van der Waals surface area (Å²) in [6.45, 7) is 2.50. The van der Waals surface area contributed by atoms with Crippen molar-refractivity contribution in [3.63, 3.8) is 0 Å². The average Bonchev–Trinajstić information content (AvgIpc) is 3.33. The van der Waals surface area contributed by atoms with Crippen LogP contribution in [0.15, 0.2) is 12.4 Å². The van der Waals surface area contributed by atoms with Crippen molar-refractivity contribution in [1.29, 1.82) is 0 Å². The van der Waals surface area contributed by atoms with Crippen molar-refractivity contribution in [2.75, 3.05) is 29.8 Å². The molecule has 2 aliphatic rings. The number of likely N-dealkylation sites (tertiary alicyclic amines) is 1. The number of anilines is 2. The number of hydrogen-bond acceptors (Lipinski definition) is 6. The molecule has 1 aliphatic heterocycles. The number of piperidine rings is 1. The zero-order chi connectivity index (χ0) is 22.3. The number of fused-ring (bicyclic) bond motifs is 1. The third-order valence-electron chi connectivity index (χ3n) is 5.65. The Balaban J connectivity index is 1.58. The molecule has 4 rings (SSSR count). The molecule has 0 unspecified atom stereocenters. The molecule has 0 spiro atoms. The highest BCUT2D eigenvalue weighted by molar-refractivity contribution is 7.91. The number of aromatic nitrogens is 2. The maximum Gasteiger partial charge on any atom is 0.334 e. The minimum atomic E-state index is -4.31. The predicted molar refractivity (Wildman–Crippen MR) is 119 cm³/mol. The monoisotopic (exact) mass is 470 g/mol. The first-order valence-corrected chi connectivity index (χ1v) is 12.4. The molecule has 3 heterocycles. The van der Waals surface area contributed by atoms with E-state index in [1.807, 2.05) is 6.92 Å². The average molecular weight is 471 g/mol. The predicted octanol–water partition coefficient (Wildman–Crippen LogP) is 2.19. The lowest BCUT2D eigenvalue weighted by Gasteiger charge is -2.38. The molecule has 1 saturated heterocycles. The number of carbonyl (C=O) groups is 1. The van der Waals surface area contributed by atoms with Crippen molar-refractivity contribution in [3.05, 3.63) is 27.7 Å². The number of likely N-dealkylation sites (N-methyl/N-ethyl adjacent to an activating group) is 1. The van der Waals surface area contributed by atoms with Gasteiger partial charge in [-0.25, -0.2) is 18.2 Å². The summed E-state index contributed by atoms with van der Waals surface area (Å²) in [5, 5.41) is 6.78. The van der Waals surface area contributed by atoms with Crippen LogP contribution >= 0.6 is 11.3 Å². The van der Waals surface area contributed by atoms with Gasteiger partial charge in [0.05, 0.1) is 23.6 Å². The molecule has 0 aromatic carbocycles. The van der Waals surface area contributed by atoms with Gasteiger partial charge in [-0.2, -0.15) is 13.5 Å². The summed E-state index contributed by atoms with van der Waals surface area (Å²) < 4.78 is 45.5. The number of halogens is 1. The van der Waals surface area contributed by atoms with E-state index in [-0.39, 0.29) is 18.7 Å². The van der Waals surface area contributed by atoms with Crippen LogP contribution < -0.4 is 14.3 Å². The highest BCUT2D eigenvalue weighted by Crippen LogP contribution is 2.38. The van der Waals surface area contributed by atoms with E-state index in [0.29, 0.717) is 12.2 Å². The number of carbonyl (C=O) groups excluding carboxylic acids is 1. The molecule has 0 radical (unpaired) electrons. The first kappa shape index (κ1) is 22.0. The standard InChI is InChI=1S/C19H27FN6O3S2/c1-12-18(16-5-4-6-17(16)30-12)22-19(27)23-31(28,29)26(15-8-21-25(3)11-15)14-7-13(20)9-24(2)10-14/h8,11,13-14H,4-7,9-10H2,1-3H3,(H2,22,23,27)/t13-,14-/m0/s1. The van der Waals surface area contributed by atoms with Gasteiger partial charge in [-0.1, -0.05) is 0 Å². The molecule has 2 N–H and O–H groups in total.